The van der Waals surface area contributed by atoms with Crippen molar-refractivity contribution in [3.05, 3.63) is 83.4 Å². The van der Waals surface area contributed by atoms with Crippen LogP contribution in [-0.2, 0) is 17.8 Å². The fourth-order valence-electron chi connectivity index (χ4n) is 4.29. The number of rotatable bonds is 7. The summed E-state index contributed by atoms with van der Waals surface area (Å²) in [5, 5.41) is 7.23. The molecule has 2 amide bonds. The minimum Gasteiger partial charge on any atom is -0.343 e. The van der Waals surface area contributed by atoms with Gasteiger partial charge in [0.1, 0.15) is 0 Å². The quantitative estimate of drug-likeness (QED) is 0.621. The van der Waals surface area contributed by atoms with Gasteiger partial charge in [-0.25, -0.2) is 0 Å². The molecule has 1 saturated heterocycles. The Hall–Kier alpha value is -3.48. The number of aromatic amines is 1. The molecule has 166 valence electrons. The standard InChI is InChI=1S/C25H29N5O2/c1-29(18-20-5-3-2-4-6-20)25(32)22-17-27-28-24(22)21-11-15-30(16-12-21)23(31)8-7-19-9-13-26-14-10-19/h2-6,9-10,13-14,17,21H,7-8,11-12,15-16,18H2,1H3,(H,27,28). The Labute approximate surface area is 188 Å². The minimum absolute atomic E-state index is 0.0338. The Morgan fingerprint density at radius 2 is 1.78 bits per heavy atom. The highest BCUT2D eigenvalue weighted by Crippen LogP contribution is 2.30. The van der Waals surface area contributed by atoms with Crippen molar-refractivity contribution in [2.45, 2.75) is 38.1 Å². The normalized spacial score (nSPS) is 14.3. The first-order valence-electron chi connectivity index (χ1n) is 11.1. The van der Waals surface area contributed by atoms with Gasteiger partial charge in [0, 0.05) is 51.4 Å². The zero-order valence-electron chi connectivity index (χ0n) is 18.4. The van der Waals surface area contributed by atoms with Crippen molar-refractivity contribution in [1.82, 2.24) is 25.0 Å². The highest BCUT2D eigenvalue weighted by atomic mass is 16.2. The third-order valence-electron chi connectivity index (χ3n) is 6.14. The number of hydrogen-bond donors (Lipinski definition) is 1. The molecule has 0 saturated carbocycles. The third-order valence-corrected chi connectivity index (χ3v) is 6.14. The minimum atomic E-state index is -0.0338. The Bertz CT molecular complexity index is 1030. The highest BCUT2D eigenvalue weighted by molar-refractivity contribution is 5.95. The van der Waals surface area contributed by atoms with Crippen LogP contribution in [0, 0.1) is 0 Å². The molecule has 0 unspecified atom stereocenters. The van der Waals surface area contributed by atoms with E-state index in [1.165, 1.54) is 0 Å². The van der Waals surface area contributed by atoms with Crippen LogP contribution < -0.4 is 0 Å². The zero-order chi connectivity index (χ0) is 22.3. The maximum Gasteiger partial charge on any atom is 0.257 e. The van der Waals surface area contributed by atoms with Crippen LogP contribution in [0.15, 0.2) is 61.1 Å². The summed E-state index contributed by atoms with van der Waals surface area (Å²) in [6.45, 7) is 1.95. The number of likely N-dealkylation sites (tertiary alicyclic amines) is 1. The van der Waals surface area contributed by atoms with Crippen LogP contribution in [-0.4, -0.2) is 56.9 Å². The van der Waals surface area contributed by atoms with Gasteiger partial charge in [-0.3, -0.25) is 19.7 Å². The van der Waals surface area contributed by atoms with Crippen LogP contribution in [0.4, 0.5) is 0 Å². The molecule has 3 aromatic rings. The Morgan fingerprint density at radius 3 is 2.50 bits per heavy atom. The van der Waals surface area contributed by atoms with E-state index in [0.717, 1.165) is 36.1 Å². The lowest BCUT2D eigenvalue weighted by Gasteiger charge is -2.32. The average Bonchev–Trinajstić information content (AvgIpc) is 3.33. The number of amides is 2. The van der Waals surface area contributed by atoms with Crippen LogP contribution in [0.5, 0.6) is 0 Å². The molecule has 0 bridgehead atoms. The molecule has 0 spiro atoms. The smallest absolute Gasteiger partial charge is 0.257 e. The van der Waals surface area contributed by atoms with E-state index >= 15 is 0 Å². The number of carbonyl (C=O) groups excluding carboxylic acids is 2. The second-order valence-electron chi connectivity index (χ2n) is 8.35. The van der Waals surface area contributed by atoms with Crippen LogP contribution in [0.3, 0.4) is 0 Å². The van der Waals surface area contributed by atoms with E-state index in [2.05, 4.69) is 15.2 Å². The number of H-pyrrole nitrogens is 1. The first-order chi connectivity index (χ1) is 15.6. The highest BCUT2D eigenvalue weighted by Gasteiger charge is 2.28. The van der Waals surface area contributed by atoms with E-state index in [4.69, 9.17) is 0 Å². The van der Waals surface area contributed by atoms with Crippen molar-refractivity contribution in [2.75, 3.05) is 20.1 Å². The maximum atomic E-state index is 13.1. The molecule has 1 N–H and O–H groups in total. The summed E-state index contributed by atoms with van der Waals surface area (Å²) in [6, 6.07) is 13.8. The summed E-state index contributed by atoms with van der Waals surface area (Å²) in [5.41, 5.74) is 3.74. The van der Waals surface area contributed by atoms with E-state index < -0.39 is 0 Å². The summed E-state index contributed by atoms with van der Waals surface area (Å²) in [6.07, 6.45) is 8.03. The number of pyridine rings is 1. The second-order valence-corrected chi connectivity index (χ2v) is 8.35. The summed E-state index contributed by atoms with van der Waals surface area (Å²) in [7, 11) is 1.82. The van der Waals surface area contributed by atoms with E-state index in [1.54, 1.807) is 23.5 Å². The molecule has 7 nitrogen and oxygen atoms in total. The lowest BCUT2D eigenvalue weighted by Crippen LogP contribution is -2.38. The van der Waals surface area contributed by atoms with Crippen molar-refractivity contribution in [3.63, 3.8) is 0 Å². The fourth-order valence-corrected chi connectivity index (χ4v) is 4.29. The van der Waals surface area contributed by atoms with Crippen molar-refractivity contribution >= 4 is 11.8 Å². The van der Waals surface area contributed by atoms with Crippen LogP contribution >= 0.6 is 0 Å². The van der Waals surface area contributed by atoms with E-state index in [1.807, 2.05) is 54.4 Å². The second kappa shape index (κ2) is 10.2. The van der Waals surface area contributed by atoms with Gasteiger partial charge in [-0.15, -0.1) is 0 Å². The van der Waals surface area contributed by atoms with E-state index in [-0.39, 0.29) is 17.7 Å². The monoisotopic (exact) mass is 431 g/mol. The number of carbonyl (C=O) groups is 2. The molecule has 0 aliphatic carbocycles. The lowest BCUT2D eigenvalue weighted by molar-refractivity contribution is -0.132. The predicted octanol–water partition coefficient (Wildman–Crippen LogP) is 3.42. The topological polar surface area (TPSA) is 82.2 Å². The lowest BCUT2D eigenvalue weighted by atomic mass is 9.91. The van der Waals surface area contributed by atoms with Gasteiger partial charge in [0.15, 0.2) is 0 Å². The number of piperidine rings is 1. The molecule has 0 radical (unpaired) electrons. The summed E-state index contributed by atoms with van der Waals surface area (Å²) in [5.74, 6) is 0.350. The van der Waals surface area contributed by atoms with Crippen molar-refractivity contribution in [2.24, 2.45) is 0 Å². The van der Waals surface area contributed by atoms with E-state index in [9.17, 15) is 9.59 Å². The first-order valence-corrected chi connectivity index (χ1v) is 11.1. The van der Waals surface area contributed by atoms with Crippen LogP contribution in [0.2, 0.25) is 0 Å². The van der Waals surface area contributed by atoms with Gasteiger partial charge in [0.25, 0.3) is 5.91 Å². The average molecular weight is 432 g/mol. The summed E-state index contributed by atoms with van der Waals surface area (Å²) in [4.78, 5) is 33.4. The molecule has 3 heterocycles. The molecule has 4 rings (SSSR count). The largest absolute Gasteiger partial charge is 0.343 e. The number of benzene rings is 1. The molecular weight excluding hydrogens is 402 g/mol. The number of aromatic nitrogens is 3. The van der Waals surface area contributed by atoms with Crippen molar-refractivity contribution in [3.8, 4) is 0 Å². The molecule has 1 aromatic carbocycles. The Kier molecular flexibility index (Phi) is 6.94. The molecule has 0 atom stereocenters. The van der Waals surface area contributed by atoms with Gasteiger partial charge in [0.05, 0.1) is 17.5 Å². The van der Waals surface area contributed by atoms with Gasteiger partial charge in [-0.1, -0.05) is 30.3 Å². The molecule has 32 heavy (non-hydrogen) atoms. The summed E-state index contributed by atoms with van der Waals surface area (Å²) >= 11 is 0. The van der Waals surface area contributed by atoms with Gasteiger partial charge < -0.3 is 9.80 Å². The number of nitrogens with one attached hydrogen (secondary N) is 1. The molecule has 1 aliphatic rings. The number of aryl methyl sites for hydroxylation is 1. The Balaban J connectivity index is 1.32. The van der Waals surface area contributed by atoms with Gasteiger partial charge in [-0.05, 0) is 42.5 Å². The van der Waals surface area contributed by atoms with Crippen molar-refractivity contribution in [1.29, 1.82) is 0 Å². The molecule has 2 aromatic heterocycles. The SMILES string of the molecule is CN(Cc1ccccc1)C(=O)c1cn[nH]c1C1CCN(C(=O)CCc2ccncc2)CC1. The molecule has 7 heteroatoms. The summed E-state index contributed by atoms with van der Waals surface area (Å²) < 4.78 is 0. The van der Waals surface area contributed by atoms with Crippen molar-refractivity contribution < 1.29 is 9.59 Å². The number of nitrogens with zero attached hydrogens (tertiary/aromatic N) is 4. The first kappa shape index (κ1) is 21.7. The van der Waals surface area contributed by atoms with E-state index in [0.29, 0.717) is 31.6 Å². The molecule has 1 fully saturated rings. The fraction of sp³-hybridized carbons (Fsp3) is 0.360. The number of hydrogen-bond acceptors (Lipinski definition) is 4. The molecule has 1 aliphatic heterocycles. The maximum absolute atomic E-state index is 13.1. The van der Waals surface area contributed by atoms with Gasteiger partial charge in [0.2, 0.25) is 5.91 Å². The predicted molar refractivity (Wildman–Crippen MR) is 122 cm³/mol. The molecular formula is C25H29N5O2. The van der Waals surface area contributed by atoms with Gasteiger partial charge >= 0.3 is 0 Å². The van der Waals surface area contributed by atoms with Crippen LogP contribution in [0.1, 0.15) is 52.4 Å². The zero-order valence-corrected chi connectivity index (χ0v) is 18.4. The third kappa shape index (κ3) is 5.22. The van der Waals surface area contributed by atoms with Gasteiger partial charge in [-0.2, -0.15) is 5.10 Å². The van der Waals surface area contributed by atoms with Crippen LogP contribution in [0.25, 0.3) is 0 Å². The Morgan fingerprint density at radius 1 is 1.06 bits per heavy atom.